The molecular formula is C53H34O2. The van der Waals surface area contributed by atoms with Crippen LogP contribution in [0.25, 0.3) is 110 Å². The van der Waals surface area contributed by atoms with Crippen molar-refractivity contribution < 1.29 is 8.83 Å². The minimum absolute atomic E-state index is 0.119. The number of benzene rings is 9. The lowest BCUT2D eigenvalue weighted by molar-refractivity contribution is 0.660. The van der Waals surface area contributed by atoms with Gasteiger partial charge in [-0.3, -0.25) is 0 Å². The van der Waals surface area contributed by atoms with Crippen LogP contribution in [0.15, 0.2) is 179 Å². The van der Waals surface area contributed by atoms with Crippen LogP contribution in [0.3, 0.4) is 0 Å². The molecule has 2 nitrogen and oxygen atoms in total. The molecule has 12 rings (SSSR count). The summed E-state index contributed by atoms with van der Waals surface area (Å²) in [6.45, 7) is 4.72. The number of fused-ring (bicyclic) bond motifs is 11. The molecule has 0 radical (unpaired) electrons. The lowest BCUT2D eigenvalue weighted by atomic mass is 9.80. The number of furan rings is 2. The van der Waals surface area contributed by atoms with Crippen molar-refractivity contribution in [1.82, 2.24) is 0 Å². The average molecular weight is 703 g/mol. The van der Waals surface area contributed by atoms with Gasteiger partial charge in [0, 0.05) is 38.1 Å². The Bertz CT molecular complexity index is 3240. The van der Waals surface area contributed by atoms with E-state index in [0.717, 1.165) is 66.1 Å². The molecule has 0 saturated heterocycles. The lowest BCUT2D eigenvalue weighted by Gasteiger charge is -2.23. The molecule has 0 amide bonds. The molecule has 11 aromatic rings. The molecule has 2 heteroatoms. The summed E-state index contributed by atoms with van der Waals surface area (Å²) in [6.07, 6.45) is 0. The van der Waals surface area contributed by atoms with E-state index in [0.29, 0.717) is 0 Å². The highest BCUT2D eigenvalue weighted by Crippen LogP contribution is 2.52. The van der Waals surface area contributed by atoms with Crippen LogP contribution in [0.5, 0.6) is 0 Å². The topological polar surface area (TPSA) is 26.3 Å². The van der Waals surface area contributed by atoms with E-state index in [9.17, 15) is 0 Å². The van der Waals surface area contributed by atoms with Gasteiger partial charge in [0.15, 0.2) is 0 Å². The molecular weight excluding hydrogens is 669 g/mol. The Morgan fingerprint density at radius 3 is 1.38 bits per heavy atom. The number of hydrogen-bond donors (Lipinski definition) is 0. The molecule has 0 saturated carbocycles. The van der Waals surface area contributed by atoms with Crippen molar-refractivity contribution in [2.75, 3.05) is 0 Å². The predicted octanol–water partition coefficient (Wildman–Crippen LogP) is 15.1. The molecule has 0 bridgehead atoms. The van der Waals surface area contributed by atoms with Gasteiger partial charge in [-0.25, -0.2) is 0 Å². The highest BCUT2D eigenvalue weighted by molar-refractivity contribution is 6.22. The molecule has 1 aliphatic carbocycles. The third-order valence-corrected chi connectivity index (χ3v) is 12.3. The molecule has 0 unspecified atom stereocenters. The summed E-state index contributed by atoms with van der Waals surface area (Å²) in [5.41, 5.74) is 15.8. The van der Waals surface area contributed by atoms with E-state index in [2.05, 4.69) is 172 Å². The molecule has 9 aromatic carbocycles. The van der Waals surface area contributed by atoms with Crippen LogP contribution in [-0.2, 0) is 5.41 Å². The maximum Gasteiger partial charge on any atom is 0.143 e. The molecule has 0 fully saturated rings. The molecule has 0 atom stereocenters. The molecule has 258 valence electrons. The van der Waals surface area contributed by atoms with Gasteiger partial charge >= 0.3 is 0 Å². The van der Waals surface area contributed by atoms with Crippen LogP contribution in [-0.4, -0.2) is 0 Å². The fourth-order valence-corrected chi connectivity index (χ4v) is 9.73. The van der Waals surface area contributed by atoms with Crippen molar-refractivity contribution >= 4 is 65.4 Å². The van der Waals surface area contributed by atoms with Crippen molar-refractivity contribution in [2.45, 2.75) is 19.3 Å². The molecule has 0 N–H and O–H groups in total. The second kappa shape index (κ2) is 11.1. The van der Waals surface area contributed by atoms with Gasteiger partial charge in [0.2, 0.25) is 0 Å². The second-order valence-corrected chi connectivity index (χ2v) is 15.5. The van der Waals surface area contributed by atoms with Gasteiger partial charge in [-0.1, -0.05) is 159 Å². The van der Waals surface area contributed by atoms with Crippen LogP contribution < -0.4 is 0 Å². The highest BCUT2D eigenvalue weighted by Gasteiger charge is 2.35. The third kappa shape index (κ3) is 4.20. The van der Waals surface area contributed by atoms with Gasteiger partial charge in [-0.05, 0) is 90.3 Å². The van der Waals surface area contributed by atoms with E-state index in [4.69, 9.17) is 8.83 Å². The SMILES string of the molecule is CC1(C)c2ccccc2-c2ccc(-c3c4cccc(-c5cccc6c5oc5ccccc56)c4cc4c(-c5cccc6c5oc5ccccc56)cccc34)cc21. The summed E-state index contributed by atoms with van der Waals surface area (Å²) in [6, 6.07) is 61.7. The van der Waals surface area contributed by atoms with Crippen LogP contribution in [0.4, 0.5) is 0 Å². The van der Waals surface area contributed by atoms with E-state index in [1.54, 1.807) is 0 Å². The van der Waals surface area contributed by atoms with E-state index < -0.39 is 0 Å². The van der Waals surface area contributed by atoms with E-state index in [1.165, 1.54) is 54.9 Å². The minimum atomic E-state index is -0.119. The first-order valence-corrected chi connectivity index (χ1v) is 19.1. The largest absolute Gasteiger partial charge is 0.455 e. The van der Waals surface area contributed by atoms with Crippen molar-refractivity contribution in [2.24, 2.45) is 0 Å². The summed E-state index contributed by atoms with van der Waals surface area (Å²) in [5, 5.41) is 9.32. The lowest BCUT2D eigenvalue weighted by Crippen LogP contribution is -2.14. The Morgan fingerprint density at radius 1 is 0.327 bits per heavy atom. The van der Waals surface area contributed by atoms with Gasteiger partial charge in [0.25, 0.3) is 0 Å². The highest BCUT2D eigenvalue weighted by atomic mass is 16.3. The van der Waals surface area contributed by atoms with Crippen molar-refractivity contribution in [3.8, 4) is 44.5 Å². The fraction of sp³-hybridized carbons (Fsp3) is 0.0566. The molecule has 2 aromatic heterocycles. The van der Waals surface area contributed by atoms with Crippen LogP contribution in [0.2, 0.25) is 0 Å². The zero-order valence-corrected chi connectivity index (χ0v) is 30.5. The summed E-state index contributed by atoms with van der Waals surface area (Å²) < 4.78 is 13.3. The van der Waals surface area contributed by atoms with Gasteiger partial charge in [-0.15, -0.1) is 0 Å². The first-order valence-electron chi connectivity index (χ1n) is 19.1. The van der Waals surface area contributed by atoms with Gasteiger partial charge in [0.05, 0.1) is 0 Å². The average Bonchev–Trinajstić information content (AvgIpc) is 3.87. The van der Waals surface area contributed by atoms with Gasteiger partial charge in [0.1, 0.15) is 22.3 Å². The molecule has 0 spiro atoms. The Labute approximate surface area is 317 Å². The molecule has 55 heavy (non-hydrogen) atoms. The molecule has 2 heterocycles. The molecule has 1 aliphatic rings. The number of hydrogen-bond acceptors (Lipinski definition) is 2. The van der Waals surface area contributed by atoms with Crippen molar-refractivity contribution in [3.63, 3.8) is 0 Å². The summed E-state index contributed by atoms with van der Waals surface area (Å²) >= 11 is 0. The van der Waals surface area contributed by atoms with E-state index >= 15 is 0 Å². The normalized spacial score (nSPS) is 13.4. The zero-order chi connectivity index (χ0) is 36.4. The Balaban J connectivity index is 1.20. The Hall–Kier alpha value is -6.90. The maximum atomic E-state index is 6.65. The summed E-state index contributed by atoms with van der Waals surface area (Å²) in [5.74, 6) is 0. The minimum Gasteiger partial charge on any atom is -0.455 e. The number of rotatable bonds is 3. The van der Waals surface area contributed by atoms with Crippen LogP contribution in [0, 0.1) is 0 Å². The fourth-order valence-electron chi connectivity index (χ4n) is 9.73. The van der Waals surface area contributed by atoms with Crippen molar-refractivity contribution in [3.05, 3.63) is 181 Å². The van der Waals surface area contributed by atoms with Gasteiger partial charge in [-0.2, -0.15) is 0 Å². The smallest absolute Gasteiger partial charge is 0.143 e. The van der Waals surface area contributed by atoms with Crippen LogP contribution in [0.1, 0.15) is 25.0 Å². The first kappa shape index (κ1) is 30.6. The second-order valence-electron chi connectivity index (χ2n) is 15.5. The van der Waals surface area contributed by atoms with E-state index in [1.807, 2.05) is 12.1 Å². The quantitative estimate of drug-likeness (QED) is 0.171. The number of para-hydroxylation sites is 4. The summed E-state index contributed by atoms with van der Waals surface area (Å²) in [7, 11) is 0. The molecule has 0 aliphatic heterocycles. The predicted molar refractivity (Wildman–Crippen MR) is 230 cm³/mol. The zero-order valence-electron chi connectivity index (χ0n) is 30.5. The Morgan fingerprint density at radius 2 is 0.782 bits per heavy atom. The maximum absolute atomic E-state index is 6.65. The van der Waals surface area contributed by atoms with E-state index in [-0.39, 0.29) is 5.41 Å². The third-order valence-electron chi connectivity index (χ3n) is 12.3. The van der Waals surface area contributed by atoms with Gasteiger partial charge < -0.3 is 8.83 Å². The first-order chi connectivity index (χ1) is 27.0. The van der Waals surface area contributed by atoms with Crippen molar-refractivity contribution in [1.29, 1.82) is 0 Å². The monoisotopic (exact) mass is 702 g/mol. The summed E-state index contributed by atoms with van der Waals surface area (Å²) in [4.78, 5) is 0. The standard InChI is InChI=1S/C53H34O2/c1-53(2)46-24-6-3-13-34(46)35-28-27-31(29-47(35)53)50-38-18-9-16-32(40-20-11-22-42-36-14-4-7-25-48(36)54-51(40)42)44(38)30-45-33(17-10-19-39(45)50)41-21-12-23-43-37-15-5-8-26-49(37)55-52(41)43/h3-30H,1-2H3. The Kier molecular flexibility index (Phi) is 6.15. The van der Waals surface area contributed by atoms with Crippen LogP contribution >= 0.6 is 0 Å².